The van der Waals surface area contributed by atoms with Crippen molar-refractivity contribution in [3.63, 3.8) is 0 Å². The van der Waals surface area contributed by atoms with Gasteiger partial charge >= 0.3 is 5.97 Å². The highest BCUT2D eigenvalue weighted by Gasteiger charge is 2.14. The van der Waals surface area contributed by atoms with Crippen LogP contribution in [0, 0.1) is 6.92 Å². The van der Waals surface area contributed by atoms with Crippen molar-refractivity contribution in [3.05, 3.63) is 51.9 Å². The SMILES string of the molecule is Cc1c(C(=O)O)nc(-c2ccccc2)[nH]c1=O. The van der Waals surface area contributed by atoms with Crippen molar-refractivity contribution in [1.29, 1.82) is 0 Å². The van der Waals surface area contributed by atoms with Gasteiger partial charge in [0.1, 0.15) is 5.82 Å². The van der Waals surface area contributed by atoms with Crippen molar-refractivity contribution < 1.29 is 9.90 Å². The van der Waals surface area contributed by atoms with Crippen LogP contribution in [0.2, 0.25) is 0 Å². The topological polar surface area (TPSA) is 83.0 Å². The van der Waals surface area contributed by atoms with Crippen LogP contribution in [0.3, 0.4) is 0 Å². The molecule has 0 amide bonds. The van der Waals surface area contributed by atoms with E-state index in [2.05, 4.69) is 9.97 Å². The molecule has 86 valence electrons. The first kappa shape index (κ1) is 11.1. The lowest BCUT2D eigenvalue weighted by Gasteiger charge is -2.04. The van der Waals surface area contributed by atoms with Gasteiger partial charge in [-0.3, -0.25) is 4.79 Å². The van der Waals surface area contributed by atoms with Crippen molar-refractivity contribution in [2.45, 2.75) is 6.92 Å². The second-order valence-electron chi connectivity index (χ2n) is 3.56. The number of hydrogen-bond acceptors (Lipinski definition) is 3. The van der Waals surface area contributed by atoms with E-state index in [1.54, 1.807) is 24.3 Å². The van der Waals surface area contributed by atoms with Gasteiger partial charge in [-0.1, -0.05) is 30.3 Å². The molecule has 0 radical (unpaired) electrons. The van der Waals surface area contributed by atoms with Crippen LogP contribution >= 0.6 is 0 Å². The molecule has 0 aliphatic carbocycles. The summed E-state index contributed by atoms with van der Waals surface area (Å²) in [6.07, 6.45) is 0. The second kappa shape index (κ2) is 4.21. The Labute approximate surface area is 96.8 Å². The fourth-order valence-electron chi connectivity index (χ4n) is 1.47. The Morgan fingerprint density at radius 3 is 2.53 bits per heavy atom. The average molecular weight is 230 g/mol. The molecule has 0 aliphatic rings. The van der Waals surface area contributed by atoms with Crippen molar-refractivity contribution in [2.75, 3.05) is 0 Å². The molecule has 2 aromatic rings. The molecule has 0 fully saturated rings. The van der Waals surface area contributed by atoms with Gasteiger partial charge in [0.15, 0.2) is 5.69 Å². The highest BCUT2D eigenvalue weighted by Crippen LogP contribution is 2.13. The van der Waals surface area contributed by atoms with Gasteiger partial charge in [0.2, 0.25) is 0 Å². The number of aromatic nitrogens is 2. The van der Waals surface area contributed by atoms with Gasteiger partial charge < -0.3 is 10.1 Å². The van der Waals surface area contributed by atoms with Crippen LogP contribution in [0.15, 0.2) is 35.1 Å². The van der Waals surface area contributed by atoms with Gasteiger partial charge in [-0.2, -0.15) is 0 Å². The van der Waals surface area contributed by atoms with Crippen LogP contribution < -0.4 is 5.56 Å². The molecule has 0 saturated heterocycles. The Kier molecular flexibility index (Phi) is 2.74. The van der Waals surface area contributed by atoms with E-state index in [-0.39, 0.29) is 17.1 Å². The lowest BCUT2D eigenvalue weighted by molar-refractivity contribution is 0.0689. The number of rotatable bonds is 2. The van der Waals surface area contributed by atoms with E-state index < -0.39 is 11.5 Å². The lowest BCUT2D eigenvalue weighted by Crippen LogP contribution is -2.18. The Balaban J connectivity index is 2.66. The van der Waals surface area contributed by atoms with Gasteiger partial charge in [-0.25, -0.2) is 9.78 Å². The number of nitrogens with zero attached hydrogens (tertiary/aromatic N) is 1. The quantitative estimate of drug-likeness (QED) is 0.817. The fourth-order valence-corrected chi connectivity index (χ4v) is 1.47. The molecule has 0 saturated carbocycles. The Morgan fingerprint density at radius 1 is 1.29 bits per heavy atom. The van der Waals surface area contributed by atoms with Crippen molar-refractivity contribution >= 4 is 5.97 Å². The molecule has 17 heavy (non-hydrogen) atoms. The first-order valence-electron chi connectivity index (χ1n) is 4.99. The zero-order valence-corrected chi connectivity index (χ0v) is 9.10. The van der Waals surface area contributed by atoms with Gasteiger partial charge in [-0.05, 0) is 6.92 Å². The minimum atomic E-state index is -1.20. The van der Waals surface area contributed by atoms with Crippen molar-refractivity contribution in [2.24, 2.45) is 0 Å². The third-order valence-electron chi connectivity index (χ3n) is 2.40. The largest absolute Gasteiger partial charge is 0.476 e. The van der Waals surface area contributed by atoms with Crippen LogP contribution in [-0.2, 0) is 0 Å². The summed E-state index contributed by atoms with van der Waals surface area (Å²) in [4.78, 5) is 29.0. The number of benzene rings is 1. The fraction of sp³-hybridized carbons (Fsp3) is 0.0833. The molecule has 0 unspecified atom stereocenters. The van der Waals surface area contributed by atoms with E-state index in [4.69, 9.17) is 5.11 Å². The molecule has 0 spiro atoms. The Bertz CT molecular complexity index is 617. The summed E-state index contributed by atoms with van der Waals surface area (Å²) >= 11 is 0. The number of aromatic amines is 1. The molecule has 0 atom stereocenters. The third kappa shape index (κ3) is 2.08. The number of nitrogens with one attached hydrogen (secondary N) is 1. The summed E-state index contributed by atoms with van der Waals surface area (Å²) in [6, 6.07) is 8.90. The summed E-state index contributed by atoms with van der Waals surface area (Å²) in [5.41, 5.74) is 0.133. The standard InChI is InChI=1S/C12H10N2O3/c1-7-9(12(16)17)13-10(14-11(7)15)8-5-3-2-4-6-8/h2-6H,1H3,(H,16,17)(H,13,14,15). The monoisotopic (exact) mass is 230 g/mol. The Hall–Kier alpha value is -2.43. The van der Waals surface area contributed by atoms with E-state index in [1.165, 1.54) is 6.92 Å². The van der Waals surface area contributed by atoms with Gasteiger partial charge in [0, 0.05) is 11.1 Å². The molecule has 0 aliphatic heterocycles. The molecule has 0 bridgehead atoms. The molecule has 1 heterocycles. The van der Waals surface area contributed by atoms with E-state index in [1.807, 2.05) is 6.07 Å². The summed E-state index contributed by atoms with van der Waals surface area (Å²) in [5, 5.41) is 8.95. The minimum absolute atomic E-state index is 0.109. The molecule has 2 N–H and O–H groups in total. The maximum Gasteiger partial charge on any atom is 0.355 e. The predicted molar refractivity (Wildman–Crippen MR) is 62.0 cm³/mol. The van der Waals surface area contributed by atoms with E-state index in [0.29, 0.717) is 5.56 Å². The summed E-state index contributed by atoms with van der Waals surface area (Å²) in [5.74, 6) is -0.940. The molecular weight excluding hydrogens is 220 g/mol. The molecule has 2 rings (SSSR count). The smallest absolute Gasteiger partial charge is 0.355 e. The van der Waals surface area contributed by atoms with Crippen molar-refractivity contribution in [3.8, 4) is 11.4 Å². The number of hydrogen-bond donors (Lipinski definition) is 2. The number of carboxylic acid groups (broad SMARTS) is 1. The third-order valence-corrected chi connectivity index (χ3v) is 2.40. The summed E-state index contributed by atoms with van der Waals surface area (Å²) in [6.45, 7) is 1.43. The summed E-state index contributed by atoms with van der Waals surface area (Å²) in [7, 11) is 0. The number of carboxylic acids is 1. The normalized spacial score (nSPS) is 10.2. The summed E-state index contributed by atoms with van der Waals surface area (Å²) < 4.78 is 0. The van der Waals surface area contributed by atoms with Crippen LogP contribution in [0.5, 0.6) is 0 Å². The zero-order chi connectivity index (χ0) is 12.4. The molecule has 1 aromatic carbocycles. The van der Waals surface area contributed by atoms with Gasteiger partial charge in [0.05, 0.1) is 0 Å². The van der Waals surface area contributed by atoms with Gasteiger partial charge in [0.25, 0.3) is 5.56 Å². The average Bonchev–Trinajstić information content (AvgIpc) is 2.33. The maximum absolute atomic E-state index is 11.6. The zero-order valence-electron chi connectivity index (χ0n) is 9.10. The highest BCUT2D eigenvalue weighted by molar-refractivity contribution is 5.87. The van der Waals surface area contributed by atoms with Crippen LogP contribution in [0.1, 0.15) is 16.1 Å². The Morgan fingerprint density at radius 2 is 1.94 bits per heavy atom. The molecule has 5 nitrogen and oxygen atoms in total. The van der Waals surface area contributed by atoms with Crippen molar-refractivity contribution in [1.82, 2.24) is 9.97 Å². The van der Waals surface area contributed by atoms with Gasteiger partial charge in [-0.15, -0.1) is 0 Å². The highest BCUT2D eigenvalue weighted by atomic mass is 16.4. The molecule has 1 aromatic heterocycles. The lowest BCUT2D eigenvalue weighted by atomic mass is 10.2. The second-order valence-corrected chi connectivity index (χ2v) is 3.56. The number of carbonyl (C=O) groups is 1. The number of aromatic carboxylic acids is 1. The predicted octanol–water partition coefficient (Wildman–Crippen LogP) is 1.44. The molecule has 5 heteroatoms. The first-order chi connectivity index (χ1) is 8.09. The van der Waals surface area contributed by atoms with E-state index in [0.717, 1.165) is 0 Å². The van der Waals surface area contributed by atoms with Crippen LogP contribution in [0.4, 0.5) is 0 Å². The van der Waals surface area contributed by atoms with Crippen LogP contribution in [0.25, 0.3) is 11.4 Å². The molecular formula is C12H10N2O3. The minimum Gasteiger partial charge on any atom is -0.476 e. The van der Waals surface area contributed by atoms with E-state index in [9.17, 15) is 9.59 Å². The maximum atomic E-state index is 11.6. The van der Waals surface area contributed by atoms with E-state index >= 15 is 0 Å². The number of H-pyrrole nitrogens is 1. The first-order valence-corrected chi connectivity index (χ1v) is 4.99. The van der Waals surface area contributed by atoms with Crippen LogP contribution in [-0.4, -0.2) is 21.0 Å².